The van der Waals surface area contributed by atoms with Crippen molar-refractivity contribution >= 4 is 5.82 Å². The van der Waals surface area contributed by atoms with Gasteiger partial charge in [-0.2, -0.15) is 9.37 Å². The highest BCUT2D eigenvalue weighted by atomic mass is 19.2. The van der Waals surface area contributed by atoms with Crippen molar-refractivity contribution in [2.75, 3.05) is 5.32 Å². The Balaban J connectivity index is 2.12. The molecule has 1 saturated carbocycles. The van der Waals surface area contributed by atoms with Crippen molar-refractivity contribution < 1.29 is 13.2 Å². The standard InChI is InChI=1S/C13H17F3N2/c1-7-3-4-11(8(2)5-7)17-13-10(15)6-9(14)12(16)18-13/h6-8,11H,3-5H2,1-2H3,(H,17,18). The van der Waals surface area contributed by atoms with E-state index in [2.05, 4.69) is 24.1 Å². The average Bonchev–Trinajstić information content (AvgIpc) is 2.29. The van der Waals surface area contributed by atoms with Crippen LogP contribution in [0, 0.1) is 29.4 Å². The van der Waals surface area contributed by atoms with E-state index < -0.39 is 17.6 Å². The molecule has 0 amide bonds. The first-order valence-corrected chi connectivity index (χ1v) is 6.25. The van der Waals surface area contributed by atoms with Gasteiger partial charge in [0.1, 0.15) is 0 Å². The molecule has 1 N–H and O–H groups in total. The van der Waals surface area contributed by atoms with Crippen LogP contribution in [-0.2, 0) is 0 Å². The van der Waals surface area contributed by atoms with Gasteiger partial charge in [0.05, 0.1) is 0 Å². The third-order valence-electron chi connectivity index (χ3n) is 3.64. The van der Waals surface area contributed by atoms with Crippen molar-refractivity contribution in [3.05, 3.63) is 23.6 Å². The predicted molar refractivity (Wildman–Crippen MR) is 63.7 cm³/mol. The van der Waals surface area contributed by atoms with E-state index in [1.807, 2.05) is 0 Å². The van der Waals surface area contributed by atoms with Crippen molar-refractivity contribution in [2.45, 2.75) is 39.2 Å². The van der Waals surface area contributed by atoms with Gasteiger partial charge in [-0.25, -0.2) is 8.78 Å². The fourth-order valence-corrected chi connectivity index (χ4v) is 2.60. The smallest absolute Gasteiger partial charge is 0.251 e. The van der Waals surface area contributed by atoms with E-state index >= 15 is 0 Å². The second kappa shape index (κ2) is 5.16. The summed E-state index contributed by atoms with van der Waals surface area (Å²) in [5.41, 5.74) is 0. The number of hydrogen-bond donors (Lipinski definition) is 1. The number of pyridine rings is 1. The SMILES string of the molecule is CC1CCC(Nc2nc(F)c(F)cc2F)C(C)C1. The molecule has 18 heavy (non-hydrogen) atoms. The van der Waals surface area contributed by atoms with Gasteiger partial charge in [-0.1, -0.05) is 13.8 Å². The molecule has 1 aromatic rings. The number of nitrogens with one attached hydrogen (secondary N) is 1. The molecule has 1 aromatic heterocycles. The first kappa shape index (κ1) is 13.2. The molecule has 5 heteroatoms. The van der Waals surface area contributed by atoms with Crippen LogP contribution in [0.1, 0.15) is 33.1 Å². The van der Waals surface area contributed by atoms with Crippen LogP contribution in [0.5, 0.6) is 0 Å². The summed E-state index contributed by atoms with van der Waals surface area (Å²) in [6, 6.07) is 0.592. The lowest BCUT2D eigenvalue weighted by Crippen LogP contribution is -2.33. The van der Waals surface area contributed by atoms with E-state index in [1.54, 1.807) is 0 Å². The maximum absolute atomic E-state index is 13.5. The molecule has 0 aliphatic heterocycles. The van der Waals surface area contributed by atoms with Crippen LogP contribution < -0.4 is 5.32 Å². The van der Waals surface area contributed by atoms with E-state index in [-0.39, 0.29) is 11.9 Å². The van der Waals surface area contributed by atoms with Gasteiger partial charge in [-0.05, 0) is 31.1 Å². The largest absolute Gasteiger partial charge is 0.365 e. The Morgan fingerprint density at radius 2 is 1.89 bits per heavy atom. The Kier molecular flexibility index (Phi) is 3.78. The molecule has 0 aromatic carbocycles. The molecule has 0 spiro atoms. The monoisotopic (exact) mass is 258 g/mol. The van der Waals surface area contributed by atoms with Gasteiger partial charge in [0, 0.05) is 12.1 Å². The third-order valence-corrected chi connectivity index (χ3v) is 3.64. The van der Waals surface area contributed by atoms with Crippen LogP contribution >= 0.6 is 0 Å². The number of aromatic nitrogens is 1. The molecule has 3 unspecified atom stereocenters. The molecule has 1 aliphatic rings. The number of halogens is 3. The van der Waals surface area contributed by atoms with Gasteiger partial charge in [0.25, 0.3) is 5.95 Å². The summed E-state index contributed by atoms with van der Waals surface area (Å²) in [6.07, 6.45) is 2.98. The zero-order valence-electron chi connectivity index (χ0n) is 10.5. The van der Waals surface area contributed by atoms with E-state index in [4.69, 9.17) is 0 Å². The van der Waals surface area contributed by atoms with E-state index in [9.17, 15) is 13.2 Å². The fraction of sp³-hybridized carbons (Fsp3) is 0.615. The molecular weight excluding hydrogens is 241 g/mol. The zero-order valence-corrected chi connectivity index (χ0v) is 10.5. The van der Waals surface area contributed by atoms with Crippen LogP contribution in [0.25, 0.3) is 0 Å². The molecule has 0 saturated heterocycles. The highest BCUT2D eigenvalue weighted by Gasteiger charge is 2.26. The molecule has 2 rings (SSSR count). The average molecular weight is 258 g/mol. The second-order valence-corrected chi connectivity index (χ2v) is 5.24. The Labute approximate surface area is 105 Å². The van der Waals surface area contributed by atoms with Crippen LogP contribution in [-0.4, -0.2) is 11.0 Å². The first-order chi connectivity index (χ1) is 8.47. The number of hydrogen-bond acceptors (Lipinski definition) is 2. The molecule has 3 atom stereocenters. The molecule has 0 radical (unpaired) electrons. The molecule has 1 aliphatic carbocycles. The van der Waals surface area contributed by atoms with Crippen molar-refractivity contribution in [1.29, 1.82) is 0 Å². The maximum Gasteiger partial charge on any atom is 0.251 e. The summed E-state index contributed by atoms with van der Waals surface area (Å²) >= 11 is 0. The summed E-state index contributed by atoms with van der Waals surface area (Å²) in [5, 5.41) is 2.89. The summed E-state index contributed by atoms with van der Waals surface area (Å²) in [7, 11) is 0. The van der Waals surface area contributed by atoms with E-state index in [1.165, 1.54) is 0 Å². The normalized spacial score (nSPS) is 28.2. The molecular formula is C13H17F3N2. The Bertz CT molecular complexity index is 436. The minimum Gasteiger partial charge on any atom is -0.365 e. The van der Waals surface area contributed by atoms with Crippen molar-refractivity contribution in [3.8, 4) is 0 Å². The number of anilines is 1. The Hall–Kier alpha value is -1.26. The maximum atomic E-state index is 13.5. The zero-order chi connectivity index (χ0) is 13.3. The van der Waals surface area contributed by atoms with Crippen LogP contribution in [0.15, 0.2) is 6.07 Å². The van der Waals surface area contributed by atoms with Gasteiger partial charge in [0.15, 0.2) is 17.5 Å². The van der Waals surface area contributed by atoms with E-state index in [0.29, 0.717) is 17.9 Å². The lowest BCUT2D eigenvalue weighted by molar-refractivity contribution is 0.275. The lowest BCUT2D eigenvalue weighted by atomic mass is 9.80. The van der Waals surface area contributed by atoms with Gasteiger partial charge in [-0.3, -0.25) is 0 Å². The predicted octanol–water partition coefficient (Wildman–Crippen LogP) is 3.74. The second-order valence-electron chi connectivity index (χ2n) is 5.24. The van der Waals surface area contributed by atoms with Crippen LogP contribution in [0.3, 0.4) is 0 Å². The van der Waals surface area contributed by atoms with Gasteiger partial charge in [0.2, 0.25) is 0 Å². The van der Waals surface area contributed by atoms with Gasteiger partial charge < -0.3 is 5.32 Å². The fourth-order valence-electron chi connectivity index (χ4n) is 2.60. The Morgan fingerprint density at radius 3 is 2.56 bits per heavy atom. The van der Waals surface area contributed by atoms with Gasteiger partial charge >= 0.3 is 0 Å². The van der Waals surface area contributed by atoms with E-state index in [0.717, 1.165) is 19.3 Å². The number of rotatable bonds is 2. The summed E-state index contributed by atoms with van der Waals surface area (Å²) in [4.78, 5) is 3.29. The van der Waals surface area contributed by atoms with Gasteiger partial charge in [-0.15, -0.1) is 0 Å². The quantitative estimate of drug-likeness (QED) is 0.817. The highest BCUT2D eigenvalue weighted by Crippen LogP contribution is 2.31. The minimum absolute atomic E-state index is 0.0630. The molecule has 1 fully saturated rings. The molecule has 2 nitrogen and oxygen atoms in total. The molecule has 1 heterocycles. The Morgan fingerprint density at radius 1 is 1.17 bits per heavy atom. The van der Waals surface area contributed by atoms with Crippen molar-refractivity contribution in [3.63, 3.8) is 0 Å². The summed E-state index contributed by atoms with van der Waals surface area (Å²) in [5.74, 6) is -2.55. The number of nitrogens with zero attached hydrogens (tertiary/aromatic N) is 1. The van der Waals surface area contributed by atoms with Crippen LogP contribution in [0.2, 0.25) is 0 Å². The molecule has 0 bridgehead atoms. The highest BCUT2D eigenvalue weighted by molar-refractivity contribution is 5.37. The topological polar surface area (TPSA) is 24.9 Å². The van der Waals surface area contributed by atoms with Crippen molar-refractivity contribution in [1.82, 2.24) is 4.98 Å². The van der Waals surface area contributed by atoms with Crippen LogP contribution in [0.4, 0.5) is 19.0 Å². The summed E-state index contributed by atoms with van der Waals surface area (Å²) in [6.45, 7) is 4.26. The minimum atomic E-state index is -1.27. The lowest BCUT2D eigenvalue weighted by Gasteiger charge is -2.33. The third kappa shape index (κ3) is 2.76. The van der Waals surface area contributed by atoms with Crippen molar-refractivity contribution in [2.24, 2.45) is 11.8 Å². The summed E-state index contributed by atoms with van der Waals surface area (Å²) < 4.78 is 39.2. The first-order valence-electron chi connectivity index (χ1n) is 6.25. The molecule has 100 valence electrons.